The molecule has 9 heteroatoms. The Morgan fingerprint density at radius 2 is 1.54 bits per heavy atom. The van der Waals surface area contributed by atoms with E-state index in [4.69, 9.17) is 0 Å². The SMILES string of the molecule is Cc1ccc(Sc2ccc(=O)n(-c3ccc(C(=O)N4CCN(c5ncccn5)CC4)cc3)n2)cc1. The zero-order valence-corrected chi connectivity index (χ0v) is 20.1. The Bertz CT molecular complexity index is 1370. The fourth-order valence-electron chi connectivity index (χ4n) is 3.85. The quantitative estimate of drug-likeness (QED) is 0.429. The predicted molar refractivity (Wildman–Crippen MR) is 135 cm³/mol. The van der Waals surface area contributed by atoms with Crippen molar-refractivity contribution in [3.8, 4) is 5.69 Å². The maximum atomic E-state index is 13.0. The van der Waals surface area contributed by atoms with E-state index in [1.807, 2.05) is 36.1 Å². The van der Waals surface area contributed by atoms with E-state index in [1.165, 1.54) is 28.1 Å². The van der Waals surface area contributed by atoms with Gasteiger partial charge in [-0.2, -0.15) is 9.78 Å². The van der Waals surface area contributed by atoms with Crippen LogP contribution in [0.4, 0.5) is 5.95 Å². The molecule has 35 heavy (non-hydrogen) atoms. The van der Waals surface area contributed by atoms with E-state index < -0.39 is 0 Å². The molecule has 0 radical (unpaired) electrons. The van der Waals surface area contributed by atoms with Gasteiger partial charge >= 0.3 is 0 Å². The van der Waals surface area contributed by atoms with E-state index in [1.54, 1.807) is 48.8 Å². The summed E-state index contributed by atoms with van der Waals surface area (Å²) >= 11 is 1.49. The van der Waals surface area contributed by atoms with Crippen molar-refractivity contribution < 1.29 is 4.79 Å². The van der Waals surface area contributed by atoms with Gasteiger partial charge in [0.2, 0.25) is 5.95 Å². The standard InChI is InChI=1S/C26H24N6O2S/c1-19-3-9-22(10-4-19)35-23-11-12-24(33)32(29-23)21-7-5-20(6-8-21)25(34)30-15-17-31(18-16-30)26-27-13-2-14-28-26/h2-14H,15-18H2,1H3. The van der Waals surface area contributed by atoms with Crippen LogP contribution in [0.3, 0.4) is 0 Å². The smallest absolute Gasteiger partial charge is 0.271 e. The van der Waals surface area contributed by atoms with Gasteiger partial charge in [-0.3, -0.25) is 9.59 Å². The van der Waals surface area contributed by atoms with E-state index in [2.05, 4.69) is 20.0 Å². The van der Waals surface area contributed by atoms with Gasteiger partial charge in [0.1, 0.15) is 5.03 Å². The second kappa shape index (κ2) is 10.1. The van der Waals surface area contributed by atoms with Crippen LogP contribution in [-0.2, 0) is 0 Å². The lowest BCUT2D eigenvalue weighted by atomic mass is 10.1. The molecule has 5 rings (SSSR count). The predicted octanol–water partition coefficient (Wildman–Crippen LogP) is 3.44. The highest BCUT2D eigenvalue weighted by Crippen LogP contribution is 2.25. The summed E-state index contributed by atoms with van der Waals surface area (Å²) in [5.41, 5.74) is 2.16. The van der Waals surface area contributed by atoms with Crippen LogP contribution < -0.4 is 10.5 Å². The molecule has 3 heterocycles. The highest BCUT2D eigenvalue weighted by atomic mass is 32.2. The van der Waals surface area contributed by atoms with Gasteiger partial charge in [0.15, 0.2) is 0 Å². The highest BCUT2D eigenvalue weighted by Gasteiger charge is 2.23. The molecule has 0 bridgehead atoms. The molecule has 0 atom stereocenters. The molecule has 4 aromatic rings. The zero-order chi connectivity index (χ0) is 24.2. The normalized spacial score (nSPS) is 13.6. The van der Waals surface area contributed by atoms with Crippen LogP contribution in [0.5, 0.6) is 0 Å². The van der Waals surface area contributed by atoms with Crippen LogP contribution in [0.1, 0.15) is 15.9 Å². The Hall–Kier alpha value is -3.98. The van der Waals surface area contributed by atoms with E-state index in [-0.39, 0.29) is 11.5 Å². The molecule has 1 fully saturated rings. The molecule has 0 N–H and O–H groups in total. The van der Waals surface area contributed by atoms with Crippen LogP contribution in [-0.4, -0.2) is 56.7 Å². The molecule has 0 saturated carbocycles. The van der Waals surface area contributed by atoms with Crippen molar-refractivity contribution in [1.29, 1.82) is 0 Å². The first-order chi connectivity index (χ1) is 17.1. The van der Waals surface area contributed by atoms with Gasteiger partial charge in [-0.1, -0.05) is 29.5 Å². The van der Waals surface area contributed by atoms with E-state index in [0.717, 1.165) is 4.90 Å². The topological polar surface area (TPSA) is 84.2 Å². The first-order valence-corrected chi connectivity index (χ1v) is 12.1. The Labute approximate surface area is 207 Å². The lowest BCUT2D eigenvalue weighted by molar-refractivity contribution is 0.0746. The van der Waals surface area contributed by atoms with Crippen LogP contribution >= 0.6 is 11.8 Å². The third-order valence-electron chi connectivity index (χ3n) is 5.78. The van der Waals surface area contributed by atoms with Crippen LogP contribution in [0.15, 0.2) is 93.8 Å². The number of hydrogen-bond acceptors (Lipinski definition) is 7. The van der Waals surface area contributed by atoms with Crippen LogP contribution in [0.2, 0.25) is 0 Å². The summed E-state index contributed by atoms with van der Waals surface area (Å²) in [5, 5.41) is 5.23. The first kappa shape index (κ1) is 22.8. The lowest BCUT2D eigenvalue weighted by Crippen LogP contribution is -2.49. The number of nitrogens with zero attached hydrogens (tertiary/aromatic N) is 6. The van der Waals surface area contributed by atoms with E-state index in [9.17, 15) is 9.59 Å². The Balaban J connectivity index is 1.27. The van der Waals surface area contributed by atoms with Gasteiger partial charge in [0, 0.05) is 55.1 Å². The van der Waals surface area contributed by atoms with Crippen molar-refractivity contribution in [2.45, 2.75) is 16.8 Å². The minimum atomic E-state index is -0.225. The fraction of sp³-hybridized carbons (Fsp3) is 0.192. The largest absolute Gasteiger partial charge is 0.337 e. The summed E-state index contributed by atoms with van der Waals surface area (Å²) in [7, 11) is 0. The zero-order valence-electron chi connectivity index (χ0n) is 19.2. The molecule has 2 aromatic carbocycles. The number of aromatic nitrogens is 4. The van der Waals surface area contributed by atoms with Gasteiger partial charge in [-0.15, -0.1) is 0 Å². The summed E-state index contributed by atoms with van der Waals surface area (Å²) in [6.07, 6.45) is 3.44. The van der Waals surface area contributed by atoms with Gasteiger partial charge < -0.3 is 9.80 Å². The second-order valence-corrected chi connectivity index (χ2v) is 9.31. The molecule has 8 nitrogen and oxygen atoms in total. The Morgan fingerprint density at radius 3 is 2.23 bits per heavy atom. The van der Waals surface area contributed by atoms with E-state index in [0.29, 0.717) is 48.4 Å². The van der Waals surface area contributed by atoms with Crippen molar-refractivity contribution in [1.82, 2.24) is 24.6 Å². The maximum absolute atomic E-state index is 13.0. The molecular weight excluding hydrogens is 460 g/mol. The highest BCUT2D eigenvalue weighted by molar-refractivity contribution is 7.99. The molecule has 2 aromatic heterocycles. The molecule has 0 aliphatic carbocycles. The first-order valence-electron chi connectivity index (χ1n) is 11.3. The van der Waals surface area contributed by atoms with Crippen LogP contribution in [0.25, 0.3) is 5.69 Å². The van der Waals surface area contributed by atoms with Gasteiger partial charge in [0.25, 0.3) is 11.5 Å². The van der Waals surface area contributed by atoms with Crippen molar-refractivity contribution in [3.63, 3.8) is 0 Å². The van der Waals surface area contributed by atoms with Crippen molar-refractivity contribution in [2.75, 3.05) is 31.1 Å². The third kappa shape index (κ3) is 5.25. The average Bonchev–Trinajstić information content (AvgIpc) is 2.91. The van der Waals surface area contributed by atoms with Crippen molar-refractivity contribution >= 4 is 23.6 Å². The molecule has 1 aliphatic rings. The number of carbonyl (C=O) groups excluding carboxylic acids is 1. The molecule has 1 saturated heterocycles. The molecule has 0 spiro atoms. The number of piperazine rings is 1. The number of amides is 1. The number of anilines is 1. The summed E-state index contributed by atoms with van der Waals surface area (Å²) in [6, 6.07) is 20.2. The number of carbonyl (C=O) groups is 1. The minimum absolute atomic E-state index is 0.0332. The molecule has 0 unspecified atom stereocenters. The second-order valence-electron chi connectivity index (χ2n) is 8.21. The fourth-order valence-corrected chi connectivity index (χ4v) is 4.62. The van der Waals surface area contributed by atoms with Gasteiger partial charge in [-0.25, -0.2) is 9.97 Å². The van der Waals surface area contributed by atoms with Crippen molar-refractivity contribution in [2.24, 2.45) is 0 Å². The number of hydrogen-bond donors (Lipinski definition) is 0. The van der Waals surface area contributed by atoms with Crippen molar-refractivity contribution in [3.05, 3.63) is 101 Å². The summed E-state index contributed by atoms with van der Waals surface area (Å²) in [5.74, 6) is 0.652. The Kier molecular flexibility index (Phi) is 6.58. The Morgan fingerprint density at radius 1 is 0.857 bits per heavy atom. The number of rotatable bonds is 5. The number of aryl methyl sites for hydroxylation is 1. The summed E-state index contributed by atoms with van der Waals surface area (Å²) in [4.78, 5) is 39.0. The van der Waals surface area contributed by atoms with Gasteiger partial charge in [-0.05, 0) is 55.5 Å². The number of benzene rings is 2. The maximum Gasteiger partial charge on any atom is 0.271 e. The summed E-state index contributed by atoms with van der Waals surface area (Å²) in [6.45, 7) is 4.59. The molecule has 176 valence electrons. The van der Waals surface area contributed by atoms with Gasteiger partial charge in [0.05, 0.1) is 5.69 Å². The summed E-state index contributed by atoms with van der Waals surface area (Å²) < 4.78 is 1.36. The average molecular weight is 485 g/mol. The molecule has 1 amide bonds. The lowest BCUT2D eigenvalue weighted by Gasteiger charge is -2.34. The molecule has 1 aliphatic heterocycles. The third-order valence-corrected chi connectivity index (χ3v) is 6.71. The van der Waals surface area contributed by atoms with Crippen LogP contribution in [0, 0.1) is 6.92 Å². The van der Waals surface area contributed by atoms with E-state index >= 15 is 0 Å². The monoisotopic (exact) mass is 484 g/mol. The molecular formula is C26H24N6O2S. The minimum Gasteiger partial charge on any atom is -0.337 e.